The maximum atomic E-state index is 13.0. The van der Waals surface area contributed by atoms with Gasteiger partial charge in [0.2, 0.25) is 5.91 Å². The lowest BCUT2D eigenvalue weighted by Gasteiger charge is -2.37. The Hall–Kier alpha value is -2.73. The molecule has 0 aromatic heterocycles. The molecule has 1 unspecified atom stereocenters. The van der Waals surface area contributed by atoms with E-state index in [0.717, 1.165) is 57.1 Å². The fraction of sp³-hybridized carbons (Fsp3) is 0.458. The molecule has 1 atom stereocenters. The Labute approximate surface area is 178 Å². The summed E-state index contributed by atoms with van der Waals surface area (Å²) in [6, 6.07) is 17.0. The minimum absolute atomic E-state index is 0.243. The molecule has 3 aliphatic heterocycles. The van der Waals surface area contributed by atoms with Gasteiger partial charge in [0, 0.05) is 37.9 Å². The molecule has 0 spiro atoms. The Kier molecular flexibility index (Phi) is 5.49. The van der Waals surface area contributed by atoms with Crippen molar-refractivity contribution in [2.45, 2.75) is 18.9 Å². The molecule has 0 aliphatic carbocycles. The van der Waals surface area contributed by atoms with E-state index in [1.54, 1.807) is 0 Å². The van der Waals surface area contributed by atoms with Crippen LogP contribution in [0.5, 0.6) is 11.5 Å². The molecule has 30 heavy (non-hydrogen) atoms. The van der Waals surface area contributed by atoms with Crippen LogP contribution in [0, 0.1) is 0 Å². The third-order valence-electron chi connectivity index (χ3n) is 6.41. The van der Waals surface area contributed by atoms with Gasteiger partial charge >= 0.3 is 0 Å². The predicted octanol–water partition coefficient (Wildman–Crippen LogP) is 2.94. The quantitative estimate of drug-likeness (QED) is 0.780. The number of likely N-dealkylation sites (tertiary alicyclic amines) is 1. The Morgan fingerprint density at radius 1 is 0.900 bits per heavy atom. The van der Waals surface area contributed by atoms with Crippen LogP contribution in [0.1, 0.15) is 24.4 Å². The second-order valence-corrected chi connectivity index (χ2v) is 8.23. The van der Waals surface area contributed by atoms with Gasteiger partial charge in [-0.3, -0.25) is 9.69 Å². The summed E-state index contributed by atoms with van der Waals surface area (Å²) in [6.07, 6.45) is 2.20. The van der Waals surface area contributed by atoms with Crippen molar-refractivity contribution in [2.75, 3.05) is 57.4 Å². The van der Waals surface area contributed by atoms with Gasteiger partial charge < -0.3 is 19.3 Å². The smallest absolute Gasteiger partial charge is 0.236 e. The van der Waals surface area contributed by atoms with Crippen LogP contribution in [0.4, 0.5) is 5.69 Å². The molecule has 158 valence electrons. The lowest BCUT2D eigenvalue weighted by molar-refractivity contribution is -0.133. The summed E-state index contributed by atoms with van der Waals surface area (Å²) in [5.74, 6) is 1.89. The third kappa shape index (κ3) is 3.97. The molecule has 0 bridgehead atoms. The van der Waals surface area contributed by atoms with Crippen molar-refractivity contribution in [1.29, 1.82) is 0 Å². The van der Waals surface area contributed by atoms with Crippen molar-refractivity contribution in [1.82, 2.24) is 9.80 Å². The van der Waals surface area contributed by atoms with Crippen LogP contribution in [0.2, 0.25) is 0 Å². The van der Waals surface area contributed by atoms with Crippen molar-refractivity contribution in [3.8, 4) is 11.5 Å². The monoisotopic (exact) mass is 407 g/mol. The van der Waals surface area contributed by atoms with Gasteiger partial charge in [0.15, 0.2) is 11.5 Å². The average molecular weight is 408 g/mol. The van der Waals surface area contributed by atoms with E-state index < -0.39 is 0 Å². The minimum Gasteiger partial charge on any atom is -0.486 e. The fourth-order valence-corrected chi connectivity index (χ4v) is 4.79. The number of amides is 1. The minimum atomic E-state index is 0.243. The molecular formula is C24H29N3O3. The zero-order chi connectivity index (χ0) is 20.3. The molecule has 2 saturated heterocycles. The number of nitrogens with zero attached hydrogens (tertiary/aromatic N) is 3. The summed E-state index contributed by atoms with van der Waals surface area (Å²) >= 11 is 0. The van der Waals surface area contributed by atoms with E-state index in [0.29, 0.717) is 19.8 Å². The first-order valence-electron chi connectivity index (χ1n) is 11.0. The maximum absolute atomic E-state index is 13.0. The number of anilines is 1. The summed E-state index contributed by atoms with van der Waals surface area (Å²) in [6.45, 7) is 6.01. The lowest BCUT2D eigenvalue weighted by atomic mass is 10.0. The molecule has 0 saturated carbocycles. The van der Waals surface area contributed by atoms with E-state index in [4.69, 9.17) is 9.47 Å². The number of piperazine rings is 1. The van der Waals surface area contributed by atoms with Gasteiger partial charge in [-0.15, -0.1) is 0 Å². The molecule has 0 N–H and O–H groups in total. The van der Waals surface area contributed by atoms with Gasteiger partial charge in [0.25, 0.3) is 0 Å². The molecule has 6 nitrogen and oxygen atoms in total. The van der Waals surface area contributed by atoms with E-state index in [2.05, 4.69) is 46.2 Å². The van der Waals surface area contributed by atoms with Gasteiger partial charge in [-0.2, -0.15) is 0 Å². The highest BCUT2D eigenvalue weighted by Gasteiger charge is 2.31. The zero-order valence-corrected chi connectivity index (χ0v) is 17.3. The molecule has 1 amide bonds. The number of hydrogen-bond donors (Lipinski definition) is 0. The van der Waals surface area contributed by atoms with Crippen LogP contribution in [0.3, 0.4) is 0 Å². The second kappa shape index (κ2) is 8.56. The van der Waals surface area contributed by atoms with Crippen LogP contribution in [0.25, 0.3) is 0 Å². The van der Waals surface area contributed by atoms with E-state index in [1.807, 2.05) is 17.0 Å². The first-order chi connectivity index (χ1) is 14.8. The molecule has 2 fully saturated rings. The van der Waals surface area contributed by atoms with Gasteiger partial charge in [0.1, 0.15) is 13.2 Å². The summed E-state index contributed by atoms with van der Waals surface area (Å²) in [5.41, 5.74) is 2.46. The number of para-hydroxylation sites is 1. The fourth-order valence-electron chi connectivity index (χ4n) is 4.79. The van der Waals surface area contributed by atoms with Crippen molar-refractivity contribution in [2.24, 2.45) is 0 Å². The number of hydrogen-bond acceptors (Lipinski definition) is 5. The number of fused-ring (bicyclic) bond motifs is 1. The van der Waals surface area contributed by atoms with Gasteiger partial charge in [0.05, 0.1) is 6.54 Å². The van der Waals surface area contributed by atoms with Crippen molar-refractivity contribution >= 4 is 11.6 Å². The number of carbonyl (C=O) groups is 1. The first kappa shape index (κ1) is 19.2. The van der Waals surface area contributed by atoms with Crippen molar-refractivity contribution in [3.63, 3.8) is 0 Å². The zero-order valence-electron chi connectivity index (χ0n) is 17.3. The Morgan fingerprint density at radius 2 is 1.67 bits per heavy atom. The Bertz CT molecular complexity index is 881. The third-order valence-corrected chi connectivity index (χ3v) is 6.41. The summed E-state index contributed by atoms with van der Waals surface area (Å²) in [5, 5.41) is 0. The number of rotatable bonds is 4. The van der Waals surface area contributed by atoms with Crippen LogP contribution < -0.4 is 14.4 Å². The molecule has 6 heteroatoms. The largest absolute Gasteiger partial charge is 0.486 e. The van der Waals surface area contributed by atoms with Crippen LogP contribution in [-0.4, -0.2) is 68.2 Å². The highest BCUT2D eigenvalue weighted by atomic mass is 16.6. The van der Waals surface area contributed by atoms with Gasteiger partial charge in [-0.25, -0.2) is 0 Å². The van der Waals surface area contributed by atoms with E-state index >= 15 is 0 Å². The predicted molar refractivity (Wildman–Crippen MR) is 116 cm³/mol. The normalized spacial score (nSPS) is 21.7. The average Bonchev–Trinajstić information content (AvgIpc) is 3.27. The SMILES string of the molecule is O=C(CN1CCCC1c1ccc2c(c1)OCCO2)N1CCN(c2ccccc2)CC1. The molecular weight excluding hydrogens is 378 g/mol. The van der Waals surface area contributed by atoms with E-state index in [-0.39, 0.29) is 11.9 Å². The highest BCUT2D eigenvalue weighted by molar-refractivity contribution is 5.78. The topological polar surface area (TPSA) is 45.3 Å². The highest BCUT2D eigenvalue weighted by Crippen LogP contribution is 2.38. The molecule has 3 aliphatic rings. The molecule has 0 radical (unpaired) electrons. The lowest BCUT2D eigenvalue weighted by Crippen LogP contribution is -2.51. The van der Waals surface area contributed by atoms with Crippen molar-refractivity contribution in [3.05, 3.63) is 54.1 Å². The van der Waals surface area contributed by atoms with Crippen LogP contribution in [-0.2, 0) is 4.79 Å². The first-order valence-corrected chi connectivity index (χ1v) is 11.0. The van der Waals surface area contributed by atoms with Gasteiger partial charge in [-0.05, 0) is 49.2 Å². The van der Waals surface area contributed by atoms with E-state index in [9.17, 15) is 4.79 Å². The summed E-state index contributed by atoms with van der Waals surface area (Å²) < 4.78 is 11.4. The Morgan fingerprint density at radius 3 is 2.47 bits per heavy atom. The molecule has 3 heterocycles. The standard InChI is InChI=1S/C24H29N3O3/c28-24(26-13-11-25(12-14-26)20-5-2-1-3-6-20)18-27-10-4-7-21(27)19-8-9-22-23(17-19)30-16-15-29-22/h1-3,5-6,8-9,17,21H,4,7,10-16,18H2. The second-order valence-electron chi connectivity index (χ2n) is 8.23. The number of benzene rings is 2. The summed E-state index contributed by atoms with van der Waals surface area (Å²) in [7, 11) is 0. The number of ether oxygens (including phenoxy) is 2. The van der Waals surface area contributed by atoms with Crippen LogP contribution in [0.15, 0.2) is 48.5 Å². The molecule has 2 aromatic carbocycles. The van der Waals surface area contributed by atoms with Gasteiger partial charge in [-0.1, -0.05) is 24.3 Å². The number of carbonyl (C=O) groups excluding carboxylic acids is 1. The molecule has 2 aromatic rings. The van der Waals surface area contributed by atoms with Crippen molar-refractivity contribution < 1.29 is 14.3 Å². The van der Waals surface area contributed by atoms with E-state index in [1.165, 1.54) is 11.3 Å². The maximum Gasteiger partial charge on any atom is 0.236 e. The summed E-state index contributed by atoms with van der Waals surface area (Å²) in [4.78, 5) is 19.7. The Balaban J connectivity index is 1.20. The van der Waals surface area contributed by atoms with Crippen LogP contribution >= 0.6 is 0 Å². The molecule has 5 rings (SSSR count).